The van der Waals surface area contributed by atoms with Gasteiger partial charge in [-0.2, -0.15) is 0 Å². The van der Waals surface area contributed by atoms with Crippen LogP contribution in [0.2, 0.25) is 0 Å². The summed E-state index contributed by atoms with van der Waals surface area (Å²) >= 11 is 0. The molecule has 0 aromatic heterocycles. The summed E-state index contributed by atoms with van der Waals surface area (Å²) in [6, 6.07) is 0. The first-order valence-electron chi connectivity index (χ1n) is 6.63. The van der Waals surface area contributed by atoms with Gasteiger partial charge in [0, 0.05) is 6.42 Å². The van der Waals surface area contributed by atoms with E-state index in [9.17, 15) is 9.59 Å². The second-order valence-electron chi connectivity index (χ2n) is 5.59. The summed E-state index contributed by atoms with van der Waals surface area (Å²) in [5.74, 6) is 0.535. The van der Waals surface area contributed by atoms with Gasteiger partial charge in [0.25, 0.3) is 0 Å². The van der Waals surface area contributed by atoms with Gasteiger partial charge in [-0.25, -0.2) is 0 Å². The van der Waals surface area contributed by atoms with Crippen molar-refractivity contribution in [1.82, 2.24) is 4.90 Å². The van der Waals surface area contributed by atoms with E-state index in [-0.39, 0.29) is 17.7 Å². The summed E-state index contributed by atoms with van der Waals surface area (Å²) in [7, 11) is 0. The minimum atomic E-state index is -0.486. The molecule has 3 nitrogen and oxygen atoms in total. The molecule has 0 radical (unpaired) electrons. The van der Waals surface area contributed by atoms with Crippen LogP contribution in [0.5, 0.6) is 0 Å². The molecule has 3 unspecified atom stereocenters. The first-order chi connectivity index (χ1) is 9.12. The van der Waals surface area contributed by atoms with Crippen molar-refractivity contribution in [2.45, 2.75) is 19.3 Å². The van der Waals surface area contributed by atoms with E-state index in [1.54, 1.807) is 18.2 Å². The van der Waals surface area contributed by atoms with E-state index >= 15 is 0 Å². The number of carbonyl (C=O) groups excluding carboxylic acids is 2. The molecule has 3 rings (SSSR count). The third-order valence-electron chi connectivity index (χ3n) is 4.61. The van der Waals surface area contributed by atoms with Crippen LogP contribution in [0.1, 0.15) is 19.3 Å². The number of carbonyl (C=O) groups is 2. The Balaban J connectivity index is 1.98. The van der Waals surface area contributed by atoms with E-state index < -0.39 is 5.41 Å². The highest BCUT2D eigenvalue weighted by atomic mass is 16.2. The van der Waals surface area contributed by atoms with Crippen LogP contribution < -0.4 is 0 Å². The highest BCUT2D eigenvalue weighted by Gasteiger charge is 2.60. The van der Waals surface area contributed by atoms with Crippen molar-refractivity contribution in [2.24, 2.45) is 17.3 Å². The van der Waals surface area contributed by atoms with Gasteiger partial charge >= 0.3 is 0 Å². The van der Waals surface area contributed by atoms with E-state index in [4.69, 9.17) is 0 Å². The lowest BCUT2D eigenvalue weighted by Gasteiger charge is -2.28. The smallest absolute Gasteiger partial charge is 0.241 e. The number of hydrogen-bond donors (Lipinski definition) is 0. The lowest BCUT2D eigenvalue weighted by Crippen LogP contribution is -2.37. The van der Waals surface area contributed by atoms with E-state index in [0.717, 1.165) is 12.8 Å². The zero-order chi connectivity index (χ0) is 13.6. The number of rotatable bonds is 3. The van der Waals surface area contributed by atoms with Crippen molar-refractivity contribution in [3.63, 3.8) is 0 Å². The topological polar surface area (TPSA) is 37.4 Å². The molecule has 0 N–H and O–H groups in total. The molecular weight excluding hydrogens is 238 g/mol. The van der Waals surface area contributed by atoms with Crippen LogP contribution in [0.4, 0.5) is 0 Å². The van der Waals surface area contributed by atoms with E-state index in [1.165, 1.54) is 4.90 Å². The second-order valence-corrected chi connectivity index (χ2v) is 5.59. The summed E-state index contributed by atoms with van der Waals surface area (Å²) in [6.07, 6.45) is 11.2. The van der Waals surface area contributed by atoms with E-state index in [2.05, 4.69) is 25.3 Å². The highest BCUT2D eigenvalue weighted by Crippen LogP contribution is 2.57. The van der Waals surface area contributed by atoms with Gasteiger partial charge in [0.05, 0.1) is 11.1 Å². The second kappa shape index (κ2) is 4.05. The average molecular weight is 255 g/mol. The van der Waals surface area contributed by atoms with Gasteiger partial charge in [-0.15, -0.1) is 0 Å². The highest BCUT2D eigenvalue weighted by molar-refractivity contribution is 6.08. The zero-order valence-corrected chi connectivity index (χ0v) is 10.8. The standard InChI is InChI=1S/C16H17NO2/c1-3-5-13(4-2)17-14(18)10-16(15(17)19)9-11-6-7-12(16)8-11/h3-7,11-12H,1-2,8-10H2/b13-5+. The Morgan fingerprint density at radius 2 is 2.16 bits per heavy atom. The Labute approximate surface area is 113 Å². The molecule has 0 aromatic rings. The molecule has 3 atom stereocenters. The van der Waals surface area contributed by atoms with Crippen LogP contribution in [-0.2, 0) is 9.59 Å². The molecule has 2 fully saturated rings. The van der Waals surface area contributed by atoms with Crippen LogP contribution in [0.15, 0.2) is 49.2 Å². The van der Waals surface area contributed by atoms with Crippen molar-refractivity contribution in [3.8, 4) is 0 Å². The van der Waals surface area contributed by atoms with Crippen molar-refractivity contribution in [2.75, 3.05) is 0 Å². The number of fused-ring (bicyclic) bond motifs is 3. The number of hydrogen-bond acceptors (Lipinski definition) is 2. The van der Waals surface area contributed by atoms with Gasteiger partial charge in [-0.1, -0.05) is 31.4 Å². The van der Waals surface area contributed by atoms with Crippen LogP contribution in [-0.4, -0.2) is 16.7 Å². The van der Waals surface area contributed by atoms with Crippen molar-refractivity contribution >= 4 is 11.8 Å². The van der Waals surface area contributed by atoms with Gasteiger partial charge in [0.15, 0.2) is 0 Å². The van der Waals surface area contributed by atoms with E-state index in [1.807, 2.05) is 0 Å². The van der Waals surface area contributed by atoms with Crippen LogP contribution in [0.25, 0.3) is 0 Å². The Kier molecular flexibility index (Phi) is 2.59. The number of allylic oxidation sites excluding steroid dienone is 5. The largest absolute Gasteiger partial charge is 0.274 e. The Bertz CT molecular complexity index is 543. The molecule has 2 aliphatic carbocycles. The van der Waals surface area contributed by atoms with Gasteiger partial charge in [-0.05, 0) is 36.8 Å². The molecule has 98 valence electrons. The SMILES string of the molecule is C=C/C=C(\C=C)N1C(=O)CC2(CC3C=CC2C3)C1=O. The van der Waals surface area contributed by atoms with Crippen LogP contribution in [0.3, 0.4) is 0 Å². The Morgan fingerprint density at radius 3 is 2.68 bits per heavy atom. The van der Waals surface area contributed by atoms with Gasteiger partial charge in [-0.3, -0.25) is 14.5 Å². The van der Waals surface area contributed by atoms with Gasteiger partial charge < -0.3 is 0 Å². The van der Waals surface area contributed by atoms with Crippen LogP contribution >= 0.6 is 0 Å². The average Bonchev–Trinajstić information content (AvgIpc) is 3.03. The summed E-state index contributed by atoms with van der Waals surface area (Å²) in [6.45, 7) is 7.29. The van der Waals surface area contributed by atoms with Gasteiger partial charge in [0.2, 0.25) is 11.8 Å². The summed E-state index contributed by atoms with van der Waals surface area (Å²) < 4.78 is 0. The molecule has 1 aliphatic heterocycles. The molecule has 1 saturated carbocycles. The minimum Gasteiger partial charge on any atom is -0.274 e. The molecule has 3 aliphatic rings. The predicted molar refractivity (Wildman–Crippen MR) is 72.7 cm³/mol. The Hall–Kier alpha value is -1.90. The van der Waals surface area contributed by atoms with Gasteiger partial charge in [0.1, 0.15) is 0 Å². The summed E-state index contributed by atoms with van der Waals surface area (Å²) in [5, 5.41) is 0. The fourth-order valence-corrected chi connectivity index (χ4v) is 3.78. The fourth-order valence-electron chi connectivity index (χ4n) is 3.78. The maximum atomic E-state index is 12.8. The number of nitrogens with zero attached hydrogens (tertiary/aromatic N) is 1. The molecule has 19 heavy (non-hydrogen) atoms. The first-order valence-corrected chi connectivity index (χ1v) is 6.63. The monoisotopic (exact) mass is 255 g/mol. The number of imide groups is 1. The van der Waals surface area contributed by atoms with Crippen molar-refractivity contribution < 1.29 is 9.59 Å². The molecule has 2 amide bonds. The minimum absolute atomic E-state index is 0.0534. The molecule has 3 heteroatoms. The molecule has 1 saturated heterocycles. The van der Waals surface area contributed by atoms with E-state index in [0.29, 0.717) is 18.0 Å². The normalized spacial score (nSPS) is 36.6. The summed E-state index contributed by atoms with van der Waals surface area (Å²) in [5.41, 5.74) is 0.0494. The third-order valence-corrected chi connectivity index (χ3v) is 4.61. The van der Waals surface area contributed by atoms with Crippen LogP contribution in [0, 0.1) is 17.3 Å². The number of likely N-dealkylation sites (tertiary alicyclic amines) is 1. The predicted octanol–water partition coefficient (Wildman–Crippen LogP) is 2.58. The fraction of sp³-hybridized carbons (Fsp3) is 0.375. The maximum absolute atomic E-state index is 12.8. The van der Waals surface area contributed by atoms with Crippen molar-refractivity contribution in [3.05, 3.63) is 49.2 Å². The first kappa shape index (κ1) is 12.2. The molecule has 1 heterocycles. The quantitative estimate of drug-likeness (QED) is 0.441. The molecular formula is C16H17NO2. The number of amides is 2. The molecule has 0 aromatic carbocycles. The summed E-state index contributed by atoms with van der Waals surface area (Å²) in [4.78, 5) is 26.3. The zero-order valence-electron chi connectivity index (χ0n) is 10.8. The lowest BCUT2D eigenvalue weighted by molar-refractivity contribution is -0.139. The molecule has 2 bridgehead atoms. The molecule has 1 spiro atoms. The maximum Gasteiger partial charge on any atom is 0.241 e. The lowest BCUT2D eigenvalue weighted by atomic mass is 9.74. The third kappa shape index (κ3) is 1.51. The Morgan fingerprint density at radius 1 is 1.37 bits per heavy atom. The van der Waals surface area contributed by atoms with Crippen molar-refractivity contribution in [1.29, 1.82) is 0 Å².